The number of carbonyl (C=O) groups excluding carboxylic acids is 1. The molecule has 1 aliphatic carbocycles. The van der Waals surface area contributed by atoms with Gasteiger partial charge in [-0.1, -0.05) is 6.07 Å². The van der Waals surface area contributed by atoms with Crippen LogP contribution in [0, 0.1) is 11.8 Å². The average molecular weight is 319 g/mol. The Bertz CT molecular complexity index is 442. The summed E-state index contributed by atoms with van der Waals surface area (Å²) in [5.74, 6) is 1.92. The molecule has 0 radical (unpaired) electrons. The van der Waals surface area contributed by atoms with Gasteiger partial charge in [0, 0.05) is 0 Å². The van der Waals surface area contributed by atoms with Crippen LogP contribution in [0.4, 0.5) is 5.82 Å². The SMILES string of the molecule is Cl.O=C(Nc1cccc(Br)n1)[C@H]1NC[C@H]2C[C@H]21. The first-order valence-corrected chi connectivity index (χ1v) is 6.20. The second kappa shape index (κ2) is 4.92. The fraction of sp³-hybridized carbons (Fsp3) is 0.455. The molecule has 2 fully saturated rings. The van der Waals surface area contributed by atoms with E-state index < -0.39 is 0 Å². The van der Waals surface area contributed by atoms with Crippen molar-refractivity contribution in [1.29, 1.82) is 0 Å². The topological polar surface area (TPSA) is 54.0 Å². The van der Waals surface area contributed by atoms with Crippen LogP contribution >= 0.6 is 28.3 Å². The normalized spacial score (nSPS) is 29.1. The summed E-state index contributed by atoms with van der Waals surface area (Å²) >= 11 is 3.28. The summed E-state index contributed by atoms with van der Waals surface area (Å²) in [6, 6.07) is 5.46. The van der Waals surface area contributed by atoms with Crippen LogP contribution in [0.3, 0.4) is 0 Å². The van der Waals surface area contributed by atoms with Gasteiger partial charge in [-0.3, -0.25) is 4.79 Å². The van der Waals surface area contributed by atoms with Gasteiger partial charge in [0.1, 0.15) is 10.4 Å². The molecule has 2 N–H and O–H groups in total. The zero-order valence-electron chi connectivity index (χ0n) is 9.02. The lowest BCUT2D eigenvalue weighted by atomic mass is 10.2. The Labute approximate surface area is 114 Å². The highest BCUT2D eigenvalue weighted by atomic mass is 79.9. The molecule has 1 amide bonds. The van der Waals surface area contributed by atoms with E-state index >= 15 is 0 Å². The zero-order chi connectivity index (χ0) is 11.1. The molecular weight excluding hydrogens is 305 g/mol. The molecule has 2 aliphatic rings. The van der Waals surface area contributed by atoms with Crippen molar-refractivity contribution in [3.05, 3.63) is 22.8 Å². The standard InChI is InChI=1S/C11H12BrN3O.ClH/c12-8-2-1-3-9(14-8)15-11(16)10-7-4-6(7)5-13-10;/h1-3,6-7,10,13H,4-5H2,(H,14,15,16);1H/t6-,7-,10+;/m1./s1. The maximum atomic E-state index is 11.9. The van der Waals surface area contributed by atoms with Crippen LogP contribution in [0.2, 0.25) is 0 Å². The quantitative estimate of drug-likeness (QED) is 0.818. The number of anilines is 1. The van der Waals surface area contributed by atoms with E-state index in [4.69, 9.17) is 0 Å². The Morgan fingerprint density at radius 3 is 2.94 bits per heavy atom. The van der Waals surface area contributed by atoms with Gasteiger partial charge in [-0.2, -0.15) is 0 Å². The van der Waals surface area contributed by atoms with Crippen LogP contribution in [0.25, 0.3) is 0 Å². The van der Waals surface area contributed by atoms with Gasteiger partial charge < -0.3 is 10.6 Å². The summed E-state index contributed by atoms with van der Waals surface area (Å²) in [6.45, 7) is 0.981. The van der Waals surface area contributed by atoms with Gasteiger partial charge in [-0.05, 0) is 52.9 Å². The van der Waals surface area contributed by atoms with Crippen LogP contribution in [0.1, 0.15) is 6.42 Å². The molecule has 0 aromatic carbocycles. The molecule has 92 valence electrons. The predicted molar refractivity (Wildman–Crippen MR) is 71.2 cm³/mol. The van der Waals surface area contributed by atoms with E-state index in [2.05, 4.69) is 31.5 Å². The summed E-state index contributed by atoms with van der Waals surface area (Å²) in [7, 11) is 0. The number of carbonyl (C=O) groups is 1. The van der Waals surface area contributed by atoms with Crippen LogP contribution in [-0.2, 0) is 4.79 Å². The first-order valence-electron chi connectivity index (χ1n) is 5.41. The minimum Gasteiger partial charge on any atom is -0.309 e. The van der Waals surface area contributed by atoms with E-state index in [0.717, 1.165) is 17.1 Å². The Kier molecular flexibility index (Phi) is 3.70. The molecule has 4 nitrogen and oxygen atoms in total. The van der Waals surface area contributed by atoms with Crippen molar-refractivity contribution in [1.82, 2.24) is 10.3 Å². The fourth-order valence-electron chi connectivity index (χ4n) is 2.31. The number of amides is 1. The lowest BCUT2D eigenvalue weighted by molar-refractivity contribution is -0.118. The van der Waals surface area contributed by atoms with Gasteiger partial charge in [0.2, 0.25) is 5.91 Å². The summed E-state index contributed by atoms with van der Waals surface area (Å²) in [5.41, 5.74) is 0. The Balaban J connectivity index is 0.00000108. The second-order valence-electron chi connectivity index (χ2n) is 4.38. The van der Waals surface area contributed by atoms with Crippen LogP contribution < -0.4 is 10.6 Å². The van der Waals surface area contributed by atoms with Gasteiger partial charge in [0.15, 0.2) is 0 Å². The van der Waals surface area contributed by atoms with Gasteiger partial charge in [0.25, 0.3) is 0 Å². The van der Waals surface area contributed by atoms with Crippen molar-refractivity contribution in [3.63, 3.8) is 0 Å². The third-order valence-electron chi connectivity index (χ3n) is 3.25. The first kappa shape index (κ1) is 12.8. The first-order chi connectivity index (χ1) is 7.74. The van der Waals surface area contributed by atoms with E-state index in [1.54, 1.807) is 6.07 Å². The van der Waals surface area contributed by atoms with Crippen molar-refractivity contribution < 1.29 is 4.79 Å². The van der Waals surface area contributed by atoms with E-state index in [1.807, 2.05) is 12.1 Å². The summed E-state index contributed by atoms with van der Waals surface area (Å²) in [4.78, 5) is 16.1. The maximum absolute atomic E-state index is 11.9. The molecule has 1 saturated heterocycles. The van der Waals surface area contributed by atoms with E-state index in [1.165, 1.54) is 6.42 Å². The largest absolute Gasteiger partial charge is 0.309 e. The zero-order valence-corrected chi connectivity index (χ0v) is 11.4. The number of hydrogen-bond donors (Lipinski definition) is 2. The minimum absolute atomic E-state index is 0. The smallest absolute Gasteiger partial charge is 0.242 e. The van der Waals surface area contributed by atoms with E-state index in [9.17, 15) is 4.79 Å². The molecular formula is C11H13BrClN3O. The number of halogens is 2. The van der Waals surface area contributed by atoms with Crippen molar-refractivity contribution in [3.8, 4) is 0 Å². The Morgan fingerprint density at radius 1 is 1.53 bits per heavy atom. The average Bonchev–Trinajstić information content (AvgIpc) is 2.89. The highest BCUT2D eigenvalue weighted by Crippen LogP contribution is 2.45. The van der Waals surface area contributed by atoms with Gasteiger partial charge in [0.05, 0.1) is 6.04 Å². The summed E-state index contributed by atoms with van der Waals surface area (Å²) < 4.78 is 0.731. The summed E-state index contributed by atoms with van der Waals surface area (Å²) in [5, 5.41) is 6.08. The van der Waals surface area contributed by atoms with Gasteiger partial charge >= 0.3 is 0 Å². The molecule has 3 rings (SSSR count). The highest BCUT2D eigenvalue weighted by Gasteiger charge is 2.50. The number of piperidine rings is 1. The monoisotopic (exact) mass is 317 g/mol. The fourth-order valence-corrected chi connectivity index (χ4v) is 2.66. The van der Waals surface area contributed by atoms with E-state index in [-0.39, 0.29) is 24.4 Å². The van der Waals surface area contributed by atoms with Gasteiger partial charge in [-0.15, -0.1) is 12.4 Å². The number of rotatable bonds is 2. The number of nitrogens with one attached hydrogen (secondary N) is 2. The molecule has 1 aromatic rings. The number of hydrogen-bond acceptors (Lipinski definition) is 3. The highest BCUT2D eigenvalue weighted by molar-refractivity contribution is 9.10. The molecule has 0 spiro atoms. The van der Waals surface area contributed by atoms with Crippen LogP contribution in [0.15, 0.2) is 22.8 Å². The molecule has 2 heterocycles. The number of nitrogens with zero attached hydrogens (tertiary/aromatic N) is 1. The third-order valence-corrected chi connectivity index (χ3v) is 3.70. The Hall–Kier alpha value is -0.650. The lowest BCUT2D eigenvalue weighted by Gasteiger charge is -2.12. The third kappa shape index (κ3) is 2.61. The van der Waals surface area contributed by atoms with Crippen molar-refractivity contribution in [2.45, 2.75) is 12.5 Å². The van der Waals surface area contributed by atoms with Crippen LogP contribution in [0.5, 0.6) is 0 Å². The molecule has 6 heteroatoms. The Morgan fingerprint density at radius 2 is 2.35 bits per heavy atom. The van der Waals surface area contributed by atoms with Crippen molar-refractivity contribution in [2.24, 2.45) is 11.8 Å². The molecule has 0 bridgehead atoms. The minimum atomic E-state index is -0.0224. The van der Waals surface area contributed by atoms with E-state index in [0.29, 0.717) is 11.7 Å². The lowest BCUT2D eigenvalue weighted by Crippen LogP contribution is -2.39. The predicted octanol–water partition coefficient (Wildman–Crippen LogP) is 1.81. The second-order valence-corrected chi connectivity index (χ2v) is 5.19. The molecule has 17 heavy (non-hydrogen) atoms. The van der Waals surface area contributed by atoms with Crippen molar-refractivity contribution >= 4 is 40.1 Å². The molecule has 3 atom stereocenters. The number of pyridine rings is 1. The molecule has 1 aromatic heterocycles. The summed E-state index contributed by atoms with van der Waals surface area (Å²) in [6.07, 6.45) is 1.19. The maximum Gasteiger partial charge on any atom is 0.242 e. The van der Waals surface area contributed by atoms with Crippen molar-refractivity contribution in [2.75, 3.05) is 11.9 Å². The van der Waals surface area contributed by atoms with Crippen LogP contribution in [-0.4, -0.2) is 23.5 Å². The number of fused-ring (bicyclic) bond motifs is 1. The molecule has 1 aliphatic heterocycles. The molecule has 1 saturated carbocycles. The van der Waals surface area contributed by atoms with Gasteiger partial charge in [-0.25, -0.2) is 4.98 Å². The molecule has 0 unspecified atom stereocenters. The number of aromatic nitrogens is 1.